The van der Waals surface area contributed by atoms with Crippen molar-refractivity contribution in [3.8, 4) is 0 Å². The summed E-state index contributed by atoms with van der Waals surface area (Å²) in [6.07, 6.45) is -2.78. The highest BCUT2D eigenvalue weighted by atomic mass is 19.4. The van der Waals surface area contributed by atoms with Gasteiger partial charge in [-0.1, -0.05) is 0 Å². The van der Waals surface area contributed by atoms with E-state index in [-0.39, 0.29) is 5.91 Å². The molecule has 0 spiro atoms. The second-order valence-electron chi connectivity index (χ2n) is 7.69. The van der Waals surface area contributed by atoms with E-state index in [0.717, 1.165) is 30.0 Å². The molecule has 0 aliphatic carbocycles. The summed E-state index contributed by atoms with van der Waals surface area (Å²) < 4.78 is 65.4. The molecule has 4 heterocycles. The number of halogens is 6. The number of pyridine rings is 2. The zero-order valence-electron chi connectivity index (χ0n) is 19.6. The van der Waals surface area contributed by atoms with Gasteiger partial charge in [0.15, 0.2) is 0 Å². The number of aromatic nitrogens is 3. The lowest BCUT2D eigenvalue weighted by Gasteiger charge is -2.35. The number of aryl methyl sites for hydroxylation is 1. The summed E-state index contributed by atoms with van der Waals surface area (Å²) in [6, 6.07) is 7.98. The lowest BCUT2D eigenvalue weighted by Crippen LogP contribution is -2.48. The SMILES string of the molecule is Cc1ccn2cc(C(=O)N3CCN(c4cccnc4)CC3)nc2c1.O=C(O)C(F)(F)F.O=C(O)C(F)(F)F. The Bertz CT molecular complexity index is 1230. The highest BCUT2D eigenvalue weighted by molar-refractivity contribution is 5.93. The lowest BCUT2D eigenvalue weighted by molar-refractivity contribution is -0.193. The van der Waals surface area contributed by atoms with Crippen LogP contribution in [0.5, 0.6) is 0 Å². The number of aliphatic carboxylic acids is 2. The Kier molecular flexibility index (Phi) is 9.62. The first-order valence-electron chi connectivity index (χ1n) is 10.6. The molecule has 10 nitrogen and oxygen atoms in total. The van der Waals surface area contributed by atoms with Crippen LogP contribution in [0.15, 0.2) is 49.1 Å². The second kappa shape index (κ2) is 12.2. The normalized spacial score (nSPS) is 13.7. The first kappa shape index (κ1) is 29.9. The van der Waals surface area contributed by atoms with Crippen molar-refractivity contribution in [3.05, 3.63) is 60.3 Å². The average Bonchev–Trinajstić information content (AvgIpc) is 3.27. The molecule has 1 aliphatic rings. The average molecular weight is 549 g/mol. The van der Waals surface area contributed by atoms with Crippen molar-refractivity contribution >= 4 is 29.2 Å². The first-order valence-corrected chi connectivity index (χ1v) is 10.6. The van der Waals surface area contributed by atoms with E-state index in [9.17, 15) is 31.1 Å². The van der Waals surface area contributed by atoms with E-state index in [1.807, 2.05) is 53.0 Å². The molecule has 1 saturated heterocycles. The van der Waals surface area contributed by atoms with Gasteiger partial charge in [-0.2, -0.15) is 26.3 Å². The summed E-state index contributed by atoms with van der Waals surface area (Å²) in [5.41, 5.74) is 3.56. The van der Waals surface area contributed by atoms with E-state index in [1.165, 1.54) is 0 Å². The van der Waals surface area contributed by atoms with Gasteiger partial charge in [-0.25, -0.2) is 14.6 Å². The summed E-state index contributed by atoms with van der Waals surface area (Å²) >= 11 is 0. The highest BCUT2D eigenvalue weighted by Gasteiger charge is 2.38. The van der Waals surface area contributed by atoms with Crippen molar-refractivity contribution in [2.45, 2.75) is 19.3 Å². The molecule has 1 amide bonds. The number of carboxylic acids is 2. The van der Waals surface area contributed by atoms with Crippen molar-refractivity contribution in [2.24, 2.45) is 0 Å². The second-order valence-corrected chi connectivity index (χ2v) is 7.69. The molecular formula is C22H21F6N5O5. The Morgan fingerprint density at radius 2 is 1.47 bits per heavy atom. The number of carbonyl (C=O) groups excluding carboxylic acids is 1. The molecule has 38 heavy (non-hydrogen) atoms. The van der Waals surface area contributed by atoms with Crippen LogP contribution in [0.4, 0.5) is 32.0 Å². The van der Waals surface area contributed by atoms with Crippen LogP contribution >= 0.6 is 0 Å². The molecule has 16 heteroatoms. The van der Waals surface area contributed by atoms with E-state index in [1.54, 1.807) is 6.20 Å². The molecule has 0 radical (unpaired) electrons. The van der Waals surface area contributed by atoms with Gasteiger partial charge < -0.3 is 24.4 Å². The molecule has 0 aromatic carbocycles. The smallest absolute Gasteiger partial charge is 0.475 e. The summed E-state index contributed by atoms with van der Waals surface area (Å²) in [4.78, 5) is 43.3. The molecule has 4 rings (SSSR count). The summed E-state index contributed by atoms with van der Waals surface area (Å²) in [7, 11) is 0. The van der Waals surface area contributed by atoms with E-state index in [2.05, 4.69) is 20.9 Å². The summed E-state index contributed by atoms with van der Waals surface area (Å²) in [5, 5.41) is 14.2. The van der Waals surface area contributed by atoms with Gasteiger partial charge in [0.1, 0.15) is 11.3 Å². The number of amides is 1. The standard InChI is InChI=1S/C18H19N5O.2C2HF3O2/c1-14-4-6-23-13-16(20-17(23)11-14)18(24)22-9-7-21(8-10-22)15-3-2-5-19-12-15;2*3-2(4,5)1(6)7/h2-6,11-13H,7-10H2,1H3;2*(H,6,7). The number of hydrogen-bond acceptors (Lipinski definition) is 6. The quantitative estimate of drug-likeness (QED) is 0.467. The number of alkyl halides is 6. The molecule has 0 saturated carbocycles. The van der Waals surface area contributed by atoms with Gasteiger partial charge in [0, 0.05) is 44.8 Å². The van der Waals surface area contributed by atoms with Crippen LogP contribution in [0.2, 0.25) is 0 Å². The van der Waals surface area contributed by atoms with Gasteiger partial charge in [0.2, 0.25) is 0 Å². The fourth-order valence-corrected chi connectivity index (χ4v) is 3.06. The number of fused-ring (bicyclic) bond motifs is 1. The van der Waals surface area contributed by atoms with E-state index >= 15 is 0 Å². The first-order chi connectivity index (χ1) is 17.6. The number of rotatable bonds is 2. The maximum Gasteiger partial charge on any atom is 0.490 e. The molecule has 206 valence electrons. The van der Waals surface area contributed by atoms with Crippen LogP contribution in [0.25, 0.3) is 5.65 Å². The Morgan fingerprint density at radius 3 is 1.95 bits per heavy atom. The lowest BCUT2D eigenvalue weighted by atomic mass is 10.2. The van der Waals surface area contributed by atoms with E-state index < -0.39 is 24.3 Å². The van der Waals surface area contributed by atoms with Gasteiger partial charge in [0.05, 0.1) is 11.9 Å². The third kappa shape index (κ3) is 8.63. The Labute approximate surface area is 210 Å². The number of imidazole rings is 1. The summed E-state index contributed by atoms with van der Waals surface area (Å²) in [5.74, 6) is -5.51. The van der Waals surface area contributed by atoms with Crippen LogP contribution in [0, 0.1) is 6.92 Å². The highest BCUT2D eigenvalue weighted by Crippen LogP contribution is 2.17. The fraction of sp³-hybridized carbons (Fsp3) is 0.318. The van der Waals surface area contributed by atoms with Crippen molar-refractivity contribution in [1.82, 2.24) is 19.3 Å². The van der Waals surface area contributed by atoms with Crippen molar-refractivity contribution in [2.75, 3.05) is 31.1 Å². The monoisotopic (exact) mass is 549 g/mol. The predicted octanol–water partition coefficient (Wildman–Crippen LogP) is 3.27. The van der Waals surface area contributed by atoms with Crippen molar-refractivity contribution in [1.29, 1.82) is 0 Å². The minimum Gasteiger partial charge on any atom is -0.475 e. The molecule has 1 fully saturated rings. The fourth-order valence-electron chi connectivity index (χ4n) is 3.06. The molecule has 0 atom stereocenters. The minimum atomic E-state index is -5.08. The summed E-state index contributed by atoms with van der Waals surface area (Å²) in [6.45, 7) is 5.03. The number of anilines is 1. The zero-order valence-corrected chi connectivity index (χ0v) is 19.6. The van der Waals surface area contributed by atoms with Crippen LogP contribution in [0.3, 0.4) is 0 Å². The third-order valence-corrected chi connectivity index (χ3v) is 4.90. The number of carbonyl (C=O) groups is 3. The zero-order chi connectivity index (χ0) is 28.7. The Hall–Kier alpha value is -4.37. The van der Waals surface area contributed by atoms with Crippen LogP contribution in [-0.2, 0) is 9.59 Å². The van der Waals surface area contributed by atoms with E-state index in [4.69, 9.17) is 19.8 Å². The predicted molar refractivity (Wildman–Crippen MR) is 120 cm³/mol. The third-order valence-electron chi connectivity index (χ3n) is 4.90. The molecule has 0 unspecified atom stereocenters. The minimum absolute atomic E-state index is 0.00203. The van der Waals surface area contributed by atoms with Crippen LogP contribution in [-0.4, -0.2) is 85.9 Å². The number of hydrogen-bond donors (Lipinski definition) is 2. The van der Waals surface area contributed by atoms with E-state index in [0.29, 0.717) is 18.8 Å². The van der Waals surface area contributed by atoms with Crippen molar-refractivity contribution < 1.29 is 50.9 Å². The Morgan fingerprint density at radius 1 is 0.921 bits per heavy atom. The van der Waals surface area contributed by atoms with Crippen LogP contribution in [0.1, 0.15) is 16.1 Å². The van der Waals surface area contributed by atoms with Gasteiger partial charge in [-0.05, 0) is 36.8 Å². The largest absolute Gasteiger partial charge is 0.490 e. The molecule has 1 aliphatic heterocycles. The number of piperazine rings is 1. The van der Waals surface area contributed by atoms with Crippen molar-refractivity contribution in [3.63, 3.8) is 0 Å². The van der Waals surface area contributed by atoms with Gasteiger partial charge in [-0.3, -0.25) is 9.78 Å². The van der Waals surface area contributed by atoms with Gasteiger partial charge in [0.25, 0.3) is 5.91 Å². The molecule has 0 bridgehead atoms. The Balaban J connectivity index is 0.000000301. The van der Waals surface area contributed by atoms with Gasteiger partial charge >= 0.3 is 24.3 Å². The van der Waals surface area contributed by atoms with Crippen LogP contribution < -0.4 is 4.90 Å². The van der Waals surface area contributed by atoms with Gasteiger partial charge in [-0.15, -0.1) is 0 Å². The molecule has 3 aromatic heterocycles. The molecule has 2 N–H and O–H groups in total. The maximum atomic E-state index is 12.7. The molecule has 3 aromatic rings. The molecular weight excluding hydrogens is 528 g/mol. The number of nitrogens with zero attached hydrogens (tertiary/aromatic N) is 5. The maximum absolute atomic E-state index is 12.7. The topological polar surface area (TPSA) is 128 Å². The number of carboxylic acid groups (broad SMARTS) is 2.